The quantitative estimate of drug-likeness (QED) is 0.679. The van der Waals surface area contributed by atoms with Crippen LogP contribution in [-0.4, -0.2) is 61.4 Å². The average Bonchev–Trinajstić information content (AvgIpc) is 3.29. The molecule has 10 heteroatoms. The summed E-state index contributed by atoms with van der Waals surface area (Å²) in [5.74, 6) is 0.574. The van der Waals surface area contributed by atoms with E-state index in [9.17, 15) is 9.59 Å². The van der Waals surface area contributed by atoms with Crippen molar-refractivity contribution in [2.45, 2.75) is 31.6 Å². The molecular formula is C21H23N7O3. The monoisotopic (exact) mass is 421 g/mol. The number of hydrogen-bond donors (Lipinski definition) is 1. The summed E-state index contributed by atoms with van der Waals surface area (Å²) in [6, 6.07) is 5.23. The van der Waals surface area contributed by atoms with E-state index in [-0.39, 0.29) is 24.2 Å². The summed E-state index contributed by atoms with van der Waals surface area (Å²) in [5, 5.41) is 6.94. The first kappa shape index (κ1) is 20.6. The first-order valence-electron chi connectivity index (χ1n) is 10.3. The first-order chi connectivity index (χ1) is 15.2. The zero-order valence-electron chi connectivity index (χ0n) is 17.0. The van der Waals surface area contributed by atoms with Gasteiger partial charge in [0.2, 0.25) is 17.6 Å². The first-order valence-corrected chi connectivity index (χ1v) is 10.3. The highest BCUT2D eigenvalue weighted by Gasteiger charge is 2.23. The number of pyridine rings is 1. The van der Waals surface area contributed by atoms with Gasteiger partial charge in [-0.1, -0.05) is 11.2 Å². The van der Waals surface area contributed by atoms with Crippen molar-refractivity contribution in [3.8, 4) is 11.5 Å². The molecule has 3 aromatic heterocycles. The third kappa shape index (κ3) is 5.27. The topological polar surface area (TPSA) is 127 Å². The maximum Gasteiger partial charge on any atom is 0.272 e. The predicted molar refractivity (Wildman–Crippen MR) is 110 cm³/mol. The lowest BCUT2D eigenvalue weighted by atomic mass is 9.99. The molecule has 160 valence electrons. The van der Waals surface area contributed by atoms with Crippen molar-refractivity contribution < 1.29 is 14.1 Å². The molecule has 1 saturated heterocycles. The number of nitrogens with one attached hydrogen (secondary N) is 1. The number of carbonyl (C=O) groups is 2. The minimum atomic E-state index is -0.174. The molecule has 2 amide bonds. The second-order valence-electron chi connectivity index (χ2n) is 7.28. The van der Waals surface area contributed by atoms with Crippen LogP contribution in [0.4, 0.5) is 0 Å². The Morgan fingerprint density at radius 2 is 2.06 bits per heavy atom. The van der Waals surface area contributed by atoms with E-state index in [1.165, 1.54) is 0 Å². The standard InChI is InChI=1S/C21H23N7O3/c29-18-7-13-28(21(30)16-5-1-2-8-23-16)12-3-4-15(6-9-25-18)20-26-19(27-31-20)17-14-22-10-11-24-17/h1-2,5,8,10-11,14-15H,3-4,6-7,9,12-13H2,(H,25,29). The Morgan fingerprint density at radius 3 is 2.87 bits per heavy atom. The number of nitrogens with zero attached hydrogens (tertiary/aromatic N) is 6. The summed E-state index contributed by atoms with van der Waals surface area (Å²) in [4.78, 5) is 43.6. The van der Waals surface area contributed by atoms with Crippen molar-refractivity contribution in [2.24, 2.45) is 0 Å². The largest absolute Gasteiger partial charge is 0.356 e. The van der Waals surface area contributed by atoms with Crippen molar-refractivity contribution in [1.82, 2.24) is 35.3 Å². The molecule has 1 fully saturated rings. The van der Waals surface area contributed by atoms with Crippen LogP contribution in [0, 0.1) is 0 Å². The molecule has 1 unspecified atom stereocenters. The van der Waals surface area contributed by atoms with Gasteiger partial charge in [-0.3, -0.25) is 19.6 Å². The highest BCUT2D eigenvalue weighted by atomic mass is 16.5. The third-order valence-corrected chi connectivity index (χ3v) is 5.16. The van der Waals surface area contributed by atoms with E-state index >= 15 is 0 Å². The number of hydrogen-bond acceptors (Lipinski definition) is 8. The van der Waals surface area contributed by atoms with Gasteiger partial charge in [-0.05, 0) is 31.4 Å². The van der Waals surface area contributed by atoms with Crippen LogP contribution >= 0.6 is 0 Å². The second kappa shape index (κ2) is 9.88. The lowest BCUT2D eigenvalue weighted by Gasteiger charge is -2.22. The number of amides is 2. The SMILES string of the molecule is O=C1CCN(C(=O)c2ccccn2)CCCC(c2nc(-c3cnccn3)no2)CCN1. The molecule has 1 atom stereocenters. The van der Waals surface area contributed by atoms with Crippen LogP contribution in [0.5, 0.6) is 0 Å². The molecule has 10 nitrogen and oxygen atoms in total. The third-order valence-electron chi connectivity index (χ3n) is 5.16. The molecule has 31 heavy (non-hydrogen) atoms. The molecule has 4 rings (SSSR count). The van der Waals surface area contributed by atoms with Crippen LogP contribution in [0.3, 0.4) is 0 Å². The molecule has 0 saturated carbocycles. The van der Waals surface area contributed by atoms with Crippen LogP contribution < -0.4 is 5.32 Å². The van der Waals surface area contributed by atoms with E-state index in [0.717, 1.165) is 12.8 Å². The molecular weight excluding hydrogens is 398 g/mol. The second-order valence-corrected chi connectivity index (χ2v) is 7.28. The van der Waals surface area contributed by atoms with Gasteiger partial charge in [-0.2, -0.15) is 4.98 Å². The van der Waals surface area contributed by atoms with Crippen LogP contribution in [0.25, 0.3) is 11.5 Å². The van der Waals surface area contributed by atoms with E-state index in [2.05, 4.69) is 30.4 Å². The van der Waals surface area contributed by atoms with Gasteiger partial charge in [0.25, 0.3) is 5.91 Å². The molecule has 0 aromatic carbocycles. The molecule has 3 aromatic rings. The Balaban J connectivity index is 1.47. The maximum absolute atomic E-state index is 12.8. The van der Waals surface area contributed by atoms with Crippen molar-refractivity contribution in [1.29, 1.82) is 0 Å². The summed E-state index contributed by atoms with van der Waals surface area (Å²) >= 11 is 0. The van der Waals surface area contributed by atoms with E-state index in [1.54, 1.807) is 47.9 Å². The fraction of sp³-hybridized carbons (Fsp3) is 0.381. The molecule has 0 bridgehead atoms. The van der Waals surface area contributed by atoms with Gasteiger partial charge in [0.15, 0.2) is 0 Å². The normalized spacial score (nSPS) is 18.1. The molecule has 0 aliphatic carbocycles. The lowest BCUT2D eigenvalue weighted by molar-refractivity contribution is -0.121. The number of aromatic nitrogens is 5. The van der Waals surface area contributed by atoms with Crippen molar-refractivity contribution in [2.75, 3.05) is 19.6 Å². The highest BCUT2D eigenvalue weighted by Crippen LogP contribution is 2.26. The smallest absolute Gasteiger partial charge is 0.272 e. The van der Waals surface area contributed by atoms with Gasteiger partial charge >= 0.3 is 0 Å². The Hall–Kier alpha value is -3.69. The number of rotatable bonds is 3. The van der Waals surface area contributed by atoms with Gasteiger partial charge in [0.1, 0.15) is 11.4 Å². The summed E-state index contributed by atoms with van der Waals surface area (Å²) < 4.78 is 5.50. The van der Waals surface area contributed by atoms with Gasteiger partial charge < -0.3 is 14.7 Å². The van der Waals surface area contributed by atoms with E-state index in [0.29, 0.717) is 49.2 Å². The Bertz CT molecular complexity index is 1010. The summed E-state index contributed by atoms with van der Waals surface area (Å²) in [7, 11) is 0. The summed E-state index contributed by atoms with van der Waals surface area (Å²) in [6.45, 7) is 1.37. The summed E-state index contributed by atoms with van der Waals surface area (Å²) in [5.41, 5.74) is 0.912. The van der Waals surface area contributed by atoms with Gasteiger partial charge in [-0.25, -0.2) is 4.98 Å². The Morgan fingerprint density at radius 1 is 1.13 bits per heavy atom. The fourth-order valence-corrected chi connectivity index (χ4v) is 3.52. The van der Waals surface area contributed by atoms with E-state index in [4.69, 9.17) is 4.52 Å². The molecule has 1 N–H and O–H groups in total. The zero-order valence-corrected chi connectivity index (χ0v) is 17.0. The van der Waals surface area contributed by atoms with E-state index < -0.39 is 0 Å². The highest BCUT2D eigenvalue weighted by molar-refractivity contribution is 5.92. The van der Waals surface area contributed by atoms with Crippen LogP contribution in [-0.2, 0) is 4.79 Å². The molecule has 0 spiro atoms. The van der Waals surface area contributed by atoms with Gasteiger partial charge in [0, 0.05) is 50.6 Å². The molecule has 4 heterocycles. The van der Waals surface area contributed by atoms with Crippen LogP contribution in [0.15, 0.2) is 47.5 Å². The average molecular weight is 421 g/mol. The molecule has 1 aliphatic rings. The van der Waals surface area contributed by atoms with Gasteiger partial charge in [0.05, 0.1) is 6.20 Å². The van der Waals surface area contributed by atoms with Crippen LogP contribution in [0.1, 0.15) is 48.0 Å². The van der Waals surface area contributed by atoms with Crippen LogP contribution in [0.2, 0.25) is 0 Å². The Labute approximate surface area is 179 Å². The molecule has 1 aliphatic heterocycles. The lowest BCUT2D eigenvalue weighted by Crippen LogP contribution is -2.36. The number of carbonyl (C=O) groups excluding carboxylic acids is 2. The minimum absolute atomic E-state index is 0.0388. The summed E-state index contributed by atoms with van der Waals surface area (Å²) in [6.07, 6.45) is 8.71. The maximum atomic E-state index is 12.8. The van der Waals surface area contributed by atoms with E-state index in [1.807, 2.05) is 0 Å². The Kier molecular flexibility index (Phi) is 6.56. The van der Waals surface area contributed by atoms with Crippen molar-refractivity contribution >= 4 is 11.8 Å². The van der Waals surface area contributed by atoms with Gasteiger partial charge in [-0.15, -0.1) is 0 Å². The van der Waals surface area contributed by atoms with Crippen molar-refractivity contribution in [3.63, 3.8) is 0 Å². The zero-order chi connectivity index (χ0) is 21.5. The minimum Gasteiger partial charge on any atom is -0.356 e. The fourth-order valence-electron chi connectivity index (χ4n) is 3.52. The predicted octanol–water partition coefficient (Wildman–Crippen LogP) is 1.84. The van der Waals surface area contributed by atoms with Crippen molar-refractivity contribution in [3.05, 3.63) is 54.6 Å². The molecule has 0 radical (unpaired) electrons.